The molecule has 6 nitrogen and oxygen atoms in total. The van der Waals surface area contributed by atoms with Gasteiger partial charge in [0.25, 0.3) is 5.91 Å². The third-order valence-electron chi connectivity index (χ3n) is 4.34. The van der Waals surface area contributed by atoms with Crippen LogP contribution in [0.3, 0.4) is 0 Å². The number of hydrogen-bond donors (Lipinski definition) is 1. The monoisotopic (exact) mass is 420 g/mol. The van der Waals surface area contributed by atoms with Crippen molar-refractivity contribution in [2.45, 2.75) is 6.92 Å². The van der Waals surface area contributed by atoms with Crippen molar-refractivity contribution in [1.82, 2.24) is 15.0 Å². The Morgan fingerprint density at radius 3 is 2.77 bits per heavy atom. The maximum atomic E-state index is 13.8. The second-order valence-electron chi connectivity index (χ2n) is 6.40. The molecule has 0 unspecified atom stereocenters. The largest absolute Gasteiger partial charge is 0.496 e. The molecule has 1 N–H and O–H groups in total. The van der Waals surface area contributed by atoms with Crippen molar-refractivity contribution in [3.05, 3.63) is 77.2 Å². The predicted molar refractivity (Wildman–Crippen MR) is 114 cm³/mol. The first-order valence-electron chi connectivity index (χ1n) is 9.05. The van der Waals surface area contributed by atoms with Crippen molar-refractivity contribution in [2.75, 3.05) is 12.4 Å². The molecule has 0 spiro atoms. The summed E-state index contributed by atoms with van der Waals surface area (Å²) < 4.78 is 19.2. The number of aromatic nitrogens is 3. The smallest absolute Gasteiger partial charge is 0.259 e. The molecular formula is C22H17FN4O2S. The number of halogens is 1. The quantitative estimate of drug-likeness (QED) is 0.493. The molecule has 1 aromatic carbocycles. The van der Waals surface area contributed by atoms with Crippen molar-refractivity contribution in [3.63, 3.8) is 0 Å². The molecule has 3 aromatic heterocycles. The highest BCUT2D eigenvalue weighted by molar-refractivity contribution is 7.14. The summed E-state index contributed by atoms with van der Waals surface area (Å²) in [5.41, 5.74) is 3.30. The predicted octanol–water partition coefficient (Wildman–Crippen LogP) is 4.98. The van der Waals surface area contributed by atoms with Gasteiger partial charge in [0.05, 0.1) is 24.1 Å². The number of rotatable bonds is 5. The van der Waals surface area contributed by atoms with Crippen LogP contribution in [0.15, 0.2) is 60.1 Å². The Kier molecular flexibility index (Phi) is 5.49. The van der Waals surface area contributed by atoms with E-state index in [2.05, 4.69) is 20.3 Å². The Morgan fingerprint density at radius 1 is 1.10 bits per heavy atom. The van der Waals surface area contributed by atoms with E-state index in [0.29, 0.717) is 27.8 Å². The van der Waals surface area contributed by atoms with E-state index < -0.39 is 11.7 Å². The molecular weight excluding hydrogens is 403 g/mol. The number of carbonyl (C=O) groups excluding carboxylic acids is 1. The van der Waals surface area contributed by atoms with Crippen LogP contribution >= 0.6 is 11.3 Å². The average Bonchev–Trinajstić information content (AvgIpc) is 3.22. The van der Waals surface area contributed by atoms with Gasteiger partial charge in [0, 0.05) is 22.8 Å². The van der Waals surface area contributed by atoms with Gasteiger partial charge in [-0.1, -0.05) is 6.07 Å². The van der Waals surface area contributed by atoms with Crippen molar-refractivity contribution >= 4 is 22.4 Å². The Morgan fingerprint density at radius 2 is 1.97 bits per heavy atom. The van der Waals surface area contributed by atoms with E-state index in [1.54, 1.807) is 18.3 Å². The van der Waals surface area contributed by atoms with Gasteiger partial charge in [-0.3, -0.25) is 20.1 Å². The number of ether oxygens (including phenoxy) is 1. The van der Waals surface area contributed by atoms with E-state index >= 15 is 0 Å². The fourth-order valence-electron chi connectivity index (χ4n) is 2.97. The molecule has 0 aliphatic carbocycles. The maximum Gasteiger partial charge on any atom is 0.259 e. The SMILES string of the molecule is COc1ccc(F)cc1-c1ncccc1C(=O)Nc1nc(-c2cccc(C)n2)cs1. The van der Waals surface area contributed by atoms with Crippen LogP contribution in [-0.2, 0) is 0 Å². The summed E-state index contributed by atoms with van der Waals surface area (Å²) in [6.45, 7) is 1.91. The third kappa shape index (κ3) is 4.04. The number of benzene rings is 1. The molecule has 4 rings (SSSR count). The molecule has 3 heterocycles. The van der Waals surface area contributed by atoms with Gasteiger partial charge in [0.2, 0.25) is 0 Å². The van der Waals surface area contributed by atoms with Gasteiger partial charge < -0.3 is 4.74 Å². The van der Waals surface area contributed by atoms with Crippen molar-refractivity contribution in [1.29, 1.82) is 0 Å². The zero-order valence-electron chi connectivity index (χ0n) is 16.2. The number of hydrogen-bond acceptors (Lipinski definition) is 6. The molecule has 150 valence electrons. The van der Waals surface area contributed by atoms with Gasteiger partial charge in [0.15, 0.2) is 5.13 Å². The Hall–Kier alpha value is -3.65. The molecule has 0 saturated heterocycles. The summed E-state index contributed by atoms with van der Waals surface area (Å²) in [6, 6.07) is 13.0. The third-order valence-corrected chi connectivity index (χ3v) is 5.10. The number of aryl methyl sites for hydroxylation is 1. The lowest BCUT2D eigenvalue weighted by atomic mass is 10.0. The number of pyridine rings is 2. The molecule has 4 aromatic rings. The van der Waals surface area contributed by atoms with Crippen LogP contribution in [0.5, 0.6) is 5.75 Å². The number of nitrogens with zero attached hydrogens (tertiary/aromatic N) is 3. The summed E-state index contributed by atoms with van der Waals surface area (Å²) in [4.78, 5) is 26.2. The highest BCUT2D eigenvalue weighted by Gasteiger charge is 2.19. The average molecular weight is 420 g/mol. The van der Waals surface area contributed by atoms with Gasteiger partial charge in [0.1, 0.15) is 17.3 Å². The molecule has 0 saturated carbocycles. The summed E-state index contributed by atoms with van der Waals surface area (Å²) in [7, 11) is 1.48. The molecule has 1 amide bonds. The van der Waals surface area contributed by atoms with E-state index in [9.17, 15) is 9.18 Å². The van der Waals surface area contributed by atoms with Crippen LogP contribution in [0.4, 0.5) is 9.52 Å². The molecule has 30 heavy (non-hydrogen) atoms. The maximum absolute atomic E-state index is 13.8. The minimum atomic E-state index is -0.446. The topological polar surface area (TPSA) is 77.0 Å². The summed E-state index contributed by atoms with van der Waals surface area (Å²) in [5.74, 6) is -0.424. The molecule has 0 bridgehead atoms. The molecule has 0 radical (unpaired) electrons. The number of methoxy groups -OCH3 is 1. The lowest BCUT2D eigenvalue weighted by molar-refractivity contribution is 0.102. The minimum Gasteiger partial charge on any atom is -0.496 e. The first-order chi connectivity index (χ1) is 14.5. The van der Waals surface area contributed by atoms with Crippen LogP contribution < -0.4 is 10.1 Å². The van der Waals surface area contributed by atoms with Gasteiger partial charge in [-0.25, -0.2) is 9.37 Å². The number of anilines is 1. The molecule has 0 atom stereocenters. The first-order valence-corrected chi connectivity index (χ1v) is 9.93. The second kappa shape index (κ2) is 8.38. The first kappa shape index (κ1) is 19.7. The van der Waals surface area contributed by atoms with Gasteiger partial charge in [-0.15, -0.1) is 11.3 Å². The van der Waals surface area contributed by atoms with Gasteiger partial charge >= 0.3 is 0 Å². The zero-order chi connectivity index (χ0) is 21.1. The van der Waals surface area contributed by atoms with E-state index in [-0.39, 0.29) is 5.56 Å². The van der Waals surface area contributed by atoms with Crippen LogP contribution in [0.2, 0.25) is 0 Å². The van der Waals surface area contributed by atoms with Crippen LogP contribution in [0, 0.1) is 12.7 Å². The number of thiazole rings is 1. The normalized spacial score (nSPS) is 10.6. The highest BCUT2D eigenvalue weighted by atomic mass is 32.1. The fourth-order valence-corrected chi connectivity index (χ4v) is 3.67. The van der Waals surface area contributed by atoms with Crippen LogP contribution in [0.25, 0.3) is 22.6 Å². The summed E-state index contributed by atoms with van der Waals surface area (Å²) in [6.07, 6.45) is 1.54. The molecule has 0 aliphatic rings. The zero-order valence-corrected chi connectivity index (χ0v) is 17.0. The number of nitrogens with one attached hydrogen (secondary N) is 1. The molecule has 0 aliphatic heterocycles. The summed E-state index contributed by atoms with van der Waals surface area (Å²) in [5, 5.41) is 5.05. The minimum absolute atomic E-state index is 0.284. The van der Waals surface area contributed by atoms with Crippen LogP contribution in [-0.4, -0.2) is 28.0 Å². The summed E-state index contributed by atoms with van der Waals surface area (Å²) >= 11 is 1.30. The van der Waals surface area contributed by atoms with Crippen molar-refractivity contribution < 1.29 is 13.9 Å². The Balaban J connectivity index is 1.64. The van der Waals surface area contributed by atoms with Gasteiger partial charge in [-0.05, 0) is 49.4 Å². The number of carbonyl (C=O) groups is 1. The molecule has 0 fully saturated rings. The van der Waals surface area contributed by atoms with E-state index in [0.717, 1.165) is 11.4 Å². The van der Waals surface area contributed by atoms with Crippen molar-refractivity contribution in [2.24, 2.45) is 0 Å². The lowest BCUT2D eigenvalue weighted by Gasteiger charge is -2.11. The number of amides is 1. The second-order valence-corrected chi connectivity index (χ2v) is 7.26. The van der Waals surface area contributed by atoms with Gasteiger partial charge in [-0.2, -0.15) is 0 Å². The Labute approximate surface area is 176 Å². The van der Waals surface area contributed by atoms with E-state index in [4.69, 9.17) is 4.74 Å². The van der Waals surface area contributed by atoms with Crippen LogP contribution in [0.1, 0.15) is 16.1 Å². The standard InChI is InChI=1S/C22H17FN4O2S/c1-13-5-3-7-17(25-13)18-12-30-22(26-18)27-21(28)15-6-4-10-24-20(15)16-11-14(23)8-9-19(16)29-2/h3-12H,1-2H3,(H,26,27,28). The highest BCUT2D eigenvalue weighted by Crippen LogP contribution is 2.32. The van der Waals surface area contributed by atoms with E-state index in [1.807, 2.05) is 30.5 Å². The van der Waals surface area contributed by atoms with E-state index in [1.165, 1.54) is 36.6 Å². The molecule has 8 heteroatoms. The Bertz CT molecular complexity index is 1230. The lowest BCUT2D eigenvalue weighted by Crippen LogP contribution is -2.14. The fraction of sp³-hybridized carbons (Fsp3) is 0.0909. The van der Waals surface area contributed by atoms with Crippen molar-refractivity contribution in [3.8, 4) is 28.4 Å².